The molecule has 1 heterocycles. The molecule has 0 unspecified atom stereocenters. The molecule has 0 saturated heterocycles. The van der Waals surface area contributed by atoms with Crippen LogP contribution in [0.3, 0.4) is 0 Å². The normalized spacial score (nSPS) is 10.8. The first-order valence-corrected chi connectivity index (χ1v) is 9.17. The number of fused-ring (bicyclic) bond motifs is 1. The third-order valence-corrected chi connectivity index (χ3v) is 4.70. The average molecular weight is 410 g/mol. The summed E-state index contributed by atoms with van der Waals surface area (Å²) in [7, 11) is 0. The van der Waals surface area contributed by atoms with Gasteiger partial charge in [0, 0.05) is 15.6 Å². The van der Waals surface area contributed by atoms with Crippen molar-refractivity contribution in [3.05, 3.63) is 98.6 Å². The number of halogens is 2. The first-order chi connectivity index (χ1) is 13.5. The van der Waals surface area contributed by atoms with E-state index in [1.54, 1.807) is 66.7 Å². The fourth-order valence-electron chi connectivity index (χ4n) is 2.93. The molecule has 0 aliphatic rings. The number of anilines is 1. The molecule has 1 N–H and O–H groups in total. The van der Waals surface area contributed by atoms with Crippen molar-refractivity contribution < 1.29 is 9.21 Å². The molecule has 4 nitrogen and oxygen atoms in total. The van der Waals surface area contributed by atoms with E-state index in [0.29, 0.717) is 32.1 Å². The predicted molar refractivity (Wildman–Crippen MR) is 112 cm³/mol. The molecule has 0 bridgehead atoms. The zero-order valence-corrected chi connectivity index (χ0v) is 15.9. The lowest BCUT2D eigenvalue weighted by Gasteiger charge is -2.12. The standard InChI is InChI=1S/C22H13Cl2NO3/c23-15-8-4-7-14(11-15)19-20(26)17-12-16(24)9-10-18(17)28-22(19)25-21(27)13-5-2-1-3-6-13/h1-12H,(H,25,27). The Kier molecular flexibility index (Phi) is 4.90. The number of nitrogens with one attached hydrogen (secondary N) is 1. The Labute approximate surface area is 170 Å². The molecule has 6 heteroatoms. The van der Waals surface area contributed by atoms with Crippen molar-refractivity contribution in [1.82, 2.24) is 0 Å². The Hall–Kier alpha value is -3.08. The molecule has 0 atom stereocenters. The molecule has 1 aromatic heterocycles. The van der Waals surface area contributed by atoms with Crippen LogP contribution in [0.2, 0.25) is 10.0 Å². The maximum absolute atomic E-state index is 13.2. The van der Waals surface area contributed by atoms with Gasteiger partial charge in [0.15, 0.2) is 0 Å². The van der Waals surface area contributed by atoms with E-state index in [4.69, 9.17) is 27.6 Å². The van der Waals surface area contributed by atoms with Gasteiger partial charge >= 0.3 is 0 Å². The number of amides is 1. The maximum Gasteiger partial charge on any atom is 0.257 e. The lowest BCUT2D eigenvalue weighted by molar-refractivity contribution is 0.102. The second-order valence-corrected chi connectivity index (χ2v) is 6.98. The molecule has 0 radical (unpaired) electrons. The molecule has 138 valence electrons. The first kappa shape index (κ1) is 18.3. The Balaban J connectivity index is 1.93. The Bertz CT molecular complexity index is 1250. The van der Waals surface area contributed by atoms with Crippen molar-refractivity contribution in [3.63, 3.8) is 0 Å². The second-order valence-electron chi connectivity index (χ2n) is 6.11. The van der Waals surface area contributed by atoms with Crippen LogP contribution in [0.25, 0.3) is 22.1 Å². The average Bonchev–Trinajstić information content (AvgIpc) is 2.69. The highest BCUT2D eigenvalue weighted by Crippen LogP contribution is 2.31. The van der Waals surface area contributed by atoms with Crippen molar-refractivity contribution in [2.45, 2.75) is 0 Å². The van der Waals surface area contributed by atoms with E-state index < -0.39 is 0 Å². The van der Waals surface area contributed by atoms with Gasteiger partial charge in [-0.15, -0.1) is 0 Å². The van der Waals surface area contributed by atoms with Crippen LogP contribution in [-0.2, 0) is 0 Å². The topological polar surface area (TPSA) is 59.3 Å². The summed E-state index contributed by atoms with van der Waals surface area (Å²) in [5, 5.41) is 3.91. The molecule has 1 amide bonds. The Morgan fingerprint density at radius 3 is 2.36 bits per heavy atom. The van der Waals surface area contributed by atoms with Crippen LogP contribution >= 0.6 is 23.2 Å². The molecule has 28 heavy (non-hydrogen) atoms. The van der Waals surface area contributed by atoms with Crippen molar-refractivity contribution >= 4 is 46.0 Å². The van der Waals surface area contributed by atoms with Crippen molar-refractivity contribution in [2.75, 3.05) is 5.32 Å². The van der Waals surface area contributed by atoms with Gasteiger partial charge in [0.1, 0.15) is 5.58 Å². The number of carbonyl (C=O) groups excluding carboxylic acids is 1. The molecule has 0 aliphatic carbocycles. The molecular formula is C22H13Cl2NO3. The SMILES string of the molecule is O=C(Nc1oc2ccc(Cl)cc2c(=O)c1-c1cccc(Cl)c1)c1ccccc1. The van der Waals surface area contributed by atoms with Gasteiger partial charge in [-0.2, -0.15) is 0 Å². The van der Waals surface area contributed by atoms with Gasteiger partial charge in [-0.1, -0.05) is 53.5 Å². The molecule has 0 fully saturated rings. The first-order valence-electron chi connectivity index (χ1n) is 8.41. The number of hydrogen-bond donors (Lipinski definition) is 1. The minimum Gasteiger partial charge on any atom is -0.439 e. The second kappa shape index (κ2) is 7.50. The third kappa shape index (κ3) is 3.52. The van der Waals surface area contributed by atoms with Crippen LogP contribution in [0.5, 0.6) is 0 Å². The number of benzene rings is 3. The van der Waals surface area contributed by atoms with Crippen molar-refractivity contribution in [2.24, 2.45) is 0 Å². The van der Waals surface area contributed by atoms with Crippen LogP contribution in [0.15, 0.2) is 82.0 Å². The molecule has 3 aromatic carbocycles. The molecule has 0 aliphatic heterocycles. The lowest BCUT2D eigenvalue weighted by atomic mass is 10.0. The van der Waals surface area contributed by atoms with Crippen LogP contribution in [0.1, 0.15) is 10.4 Å². The van der Waals surface area contributed by atoms with Gasteiger partial charge in [-0.3, -0.25) is 14.9 Å². The van der Waals surface area contributed by atoms with E-state index in [-0.39, 0.29) is 22.8 Å². The minimum atomic E-state index is -0.389. The molecule has 0 spiro atoms. The third-order valence-electron chi connectivity index (χ3n) is 4.23. The van der Waals surface area contributed by atoms with Crippen molar-refractivity contribution in [3.8, 4) is 11.1 Å². The zero-order chi connectivity index (χ0) is 19.7. The van der Waals surface area contributed by atoms with E-state index in [1.165, 1.54) is 0 Å². The van der Waals surface area contributed by atoms with E-state index >= 15 is 0 Å². The summed E-state index contributed by atoms with van der Waals surface area (Å²) in [5.74, 6) is -0.337. The highest BCUT2D eigenvalue weighted by Gasteiger charge is 2.19. The van der Waals surface area contributed by atoms with Gasteiger partial charge < -0.3 is 4.42 Å². The van der Waals surface area contributed by atoms with Gasteiger partial charge in [0.2, 0.25) is 11.3 Å². The Morgan fingerprint density at radius 2 is 1.61 bits per heavy atom. The Morgan fingerprint density at radius 1 is 0.857 bits per heavy atom. The summed E-state index contributed by atoms with van der Waals surface area (Å²) in [5.41, 5.74) is 1.20. The summed E-state index contributed by atoms with van der Waals surface area (Å²) in [6.07, 6.45) is 0. The van der Waals surface area contributed by atoms with Gasteiger partial charge in [-0.25, -0.2) is 0 Å². The monoisotopic (exact) mass is 409 g/mol. The van der Waals surface area contributed by atoms with E-state index in [0.717, 1.165) is 0 Å². The van der Waals surface area contributed by atoms with Gasteiger partial charge in [-0.05, 0) is 48.0 Å². The summed E-state index contributed by atoms with van der Waals surface area (Å²) < 4.78 is 5.88. The fourth-order valence-corrected chi connectivity index (χ4v) is 3.29. The van der Waals surface area contributed by atoms with Crippen LogP contribution in [-0.4, -0.2) is 5.91 Å². The highest BCUT2D eigenvalue weighted by atomic mass is 35.5. The van der Waals surface area contributed by atoms with E-state index in [2.05, 4.69) is 5.32 Å². The summed E-state index contributed by atoms with van der Waals surface area (Å²) >= 11 is 12.2. The van der Waals surface area contributed by atoms with Gasteiger partial charge in [0.05, 0.1) is 10.9 Å². The predicted octanol–water partition coefficient (Wildman–Crippen LogP) is 6.02. The quantitative estimate of drug-likeness (QED) is 0.449. The smallest absolute Gasteiger partial charge is 0.257 e. The zero-order valence-electron chi connectivity index (χ0n) is 14.4. The summed E-state index contributed by atoms with van der Waals surface area (Å²) in [6, 6.07) is 20.2. The molecule has 4 aromatic rings. The largest absolute Gasteiger partial charge is 0.439 e. The van der Waals surface area contributed by atoms with E-state index in [9.17, 15) is 9.59 Å². The molecule has 4 rings (SSSR count). The van der Waals surface area contributed by atoms with Crippen molar-refractivity contribution in [1.29, 1.82) is 0 Å². The summed E-state index contributed by atoms with van der Waals surface area (Å²) in [6.45, 7) is 0. The van der Waals surface area contributed by atoms with Crippen LogP contribution < -0.4 is 10.7 Å². The highest BCUT2D eigenvalue weighted by molar-refractivity contribution is 6.31. The lowest BCUT2D eigenvalue weighted by Crippen LogP contribution is -2.16. The minimum absolute atomic E-state index is 0.0518. The summed E-state index contributed by atoms with van der Waals surface area (Å²) in [4.78, 5) is 25.9. The van der Waals surface area contributed by atoms with Gasteiger partial charge in [0.25, 0.3) is 5.91 Å². The maximum atomic E-state index is 13.2. The number of carbonyl (C=O) groups is 1. The number of rotatable bonds is 3. The number of hydrogen-bond acceptors (Lipinski definition) is 3. The fraction of sp³-hybridized carbons (Fsp3) is 0. The van der Waals surface area contributed by atoms with Crippen LogP contribution in [0.4, 0.5) is 5.88 Å². The molecular weight excluding hydrogens is 397 g/mol. The van der Waals surface area contributed by atoms with E-state index in [1.807, 2.05) is 6.07 Å². The van der Waals surface area contributed by atoms with Crippen LogP contribution in [0, 0.1) is 0 Å². The molecule has 0 saturated carbocycles.